The lowest BCUT2D eigenvalue weighted by molar-refractivity contribution is 0.627. The molecule has 1 aromatic carbocycles. The zero-order chi connectivity index (χ0) is 14.3. The molecule has 0 spiro atoms. The average Bonchev–Trinajstić information content (AvgIpc) is 2.73. The molecule has 20 heavy (non-hydrogen) atoms. The van der Waals surface area contributed by atoms with Gasteiger partial charge in [0, 0.05) is 10.7 Å². The maximum absolute atomic E-state index is 13.2. The normalized spacial score (nSPS) is 10.7. The highest BCUT2D eigenvalue weighted by atomic mass is 79.9. The Morgan fingerprint density at radius 2 is 2.15 bits per heavy atom. The van der Waals surface area contributed by atoms with Crippen LogP contribution in [0.15, 0.2) is 34.9 Å². The Morgan fingerprint density at radius 1 is 1.35 bits per heavy atom. The minimum absolute atomic E-state index is 0.167. The molecule has 0 saturated carbocycles. The molecule has 2 N–H and O–H groups in total. The highest BCUT2D eigenvalue weighted by Crippen LogP contribution is 2.25. The van der Waals surface area contributed by atoms with Gasteiger partial charge in [-0.25, -0.2) is 14.4 Å². The summed E-state index contributed by atoms with van der Waals surface area (Å²) in [6.45, 7) is 0. The van der Waals surface area contributed by atoms with Crippen molar-refractivity contribution in [3.8, 4) is 11.8 Å². The molecule has 2 aromatic heterocycles. The quantitative estimate of drug-likeness (QED) is 0.743. The molecule has 0 radical (unpaired) electrons. The van der Waals surface area contributed by atoms with Gasteiger partial charge in [-0.15, -0.1) is 0 Å². The molecule has 7 heteroatoms. The van der Waals surface area contributed by atoms with Crippen molar-refractivity contribution in [2.45, 2.75) is 0 Å². The van der Waals surface area contributed by atoms with Gasteiger partial charge in [-0.2, -0.15) is 5.26 Å². The number of hydrogen-bond donors (Lipinski definition) is 1. The molecule has 3 aromatic rings. The average molecular weight is 332 g/mol. The van der Waals surface area contributed by atoms with Gasteiger partial charge in [0.1, 0.15) is 17.4 Å². The first-order chi connectivity index (χ1) is 9.60. The third-order valence-corrected chi connectivity index (χ3v) is 3.24. The summed E-state index contributed by atoms with van der Waals surface area (Å²) in [5.74, 6) is -0.294. The van der Waals surface area contributed by atoms with Gasteiger partial charge in [0.25, 0.3) is 0 Å². The van der Waals surface area contributed by atoms with E-state index in [0.717, 1.165) is 10.5 Å². The number of rotatable bonds is 1. The van der Waals surface area contributed by atoms with Crippen LogP contribution in [0, 0.1) is 17.1 Å². The van der Waals surface area contributed by atoms with Crippen molar-refractivity contribution < 1.29 is 4.39 Å². The summed E-state index contributed by atoms with van der Waals surface area (Å²) in [5.41, 5.74) is 7.60. The van der Waals surface area contributed by atoms with E-state index in [9.17, 15) is 4.39 Å². The van der Waals surface area contributed by atoms with Crippen molar-refractivity contribution in [2.75, 3.05) is 5.73 Å². The number of nitrogens with two attached hydrogens (primary N) is 1. The molecule has 0 amide bonds. The van der Waals surface area contributed by atoms with Crippen LogP contribution in [-0.4, -0.2) is 14.5 Å². The third kappa shape index (κ3) is 1.90. The summed E-state index contributed by atoms with van der Waals surface area (Å²) >= 11 is 3.31. The Kier molecular flexibility index (Phi) is 2.88. The second-order valence-corrected chi connectivity index (χ2v) is 4.99. The summed E-state index contributed by atoms with van der Waals surface area (Å²) in [7, 11) is 0. The first kappa shape index (κ1) is 12.6. The standard InChI is InChI=1S/C13H7BrFN5/c14-8-4-10-12(18-6-8)20(13(17)19-10)11-2-1-9(15)3-7(11)5-16/h1-4,6H,(H2,17,19). The molecule has 0 bridgehead atoms. The highest BCUT2D eigenvalue weighted by molar-refractivity contribution is 9.10. The van der Waals surface area contributed by atoms with E-state index < -0.39 is 5.82 Å². The number of nitriles is 1. The van der Waals surface area contributed by atoms with Crippen molar-refractivity contribution in [2.24, 2.45) is 0 Å². The first-order valence-electron chi connectivity index (χ1n) is 5.59. The minimum Gasteiger partial charge on any atom is -0.369 e. The number of nitrogen functional groups attached to an aromatic ring is 1. The van der Waals surface area contributed by atoms with E-state index >= 15 is 0 Å². The molecular formula is C13H7BrFN5. The zero-order valence-electron chi connectivity index (χ0n) is 10.0. The molecule has 3 rings (SSSR count). The van der Waals surface area contributed by atoms with Gasteiger partial charge in [0.15, 0.2) is 5.65 Å². The molecule has 0 atom stereocenters. The van der Waals surface area contributed by atoms with E-state index in [1.165, 1.54) is 16.7 Å². The molecule has 0 aliphatic carbocycles. The van der Waals surface area contributed by atoms with Crippen LogP contribution in [0.1, 0.15) is 5.56 Å². The van der Waals surface area contributed by atoms with E-state index in [4.69, 9.17) is 11.0 Å². The summed E-state index contributed by atoms with van der Waals surface area (Å²) in [5, 5.41) is 9.13. The number of fused-ring (bicyclic) bond motifs is 1. The van der Waals surface area contributed by atoms with Crippen LogP contribution in [-0.2, 0) is 0 Å². The molecule has 5 nitrogen and oxygen atoms in total. The summed E-state index contributed by atoms with van der Waals surface area (Å²) in [4.78, 5) is 8.44. The summed E-state index contributed by atoms with van der Waals surface area (Å²) < 4.78 is 15.5. The Morgan fingerprint density at radius 3 is 2.90 bits per heavy atom. The van der Waals surface area contributed by atoms with Crippen molar-refractivity contribution in [3.63, 3.8) is 0 Å². The van der Waals surface area contributed by atoms with Crippen LogP contribution in [0.3, 0.4) is 0 Å². The van der Waals surface area contributed by atoms with Gasteiger partial charge in [0.2, 0.25) is 5.95 Å². The number of nitrogens with zero attached hydrogens (tertiary/aromatic N) is 4. The Balaban J connectivity index is 2.35. The number of pyridine rings is 1. The number of imidazole rings is 1. The van der Waals surface area contributed by atoms with E-state index in [2.05, 4.69) is 25.9 Å². The molecule has 0 fully saturated rings. The lowest BCUT2D eigenvalue weighted by Crippen LogP contribution is -2.04. The lowest BCUT2D eigenvalue weighted by atomic mass is 10.2. The van der Waals surface area contributed by atoms with Gasteiger partial charge in [0.05, 0.1) is 11.3 Å². The van der Waals surface area contributed by atoms with Gasteiger partial charge in [-0.1, -0.05) is 0 Å². The molecule has 0 unspecified atom stereocenters. The molecule has 0 saturated heterocycles. The van der Waals surface area contributed by atoms with Crippen LogP contribution in [0.5, 0.6) is 0 Å². The molecule has 2 heterocycles. The van der Waals surface area contributed by atoms with Crippen LogP contribution in [0.4, 0.5) is 10.3 Å². The zero-order valence-corrected chi connectivity index (χ0v) is 11.6. The van der Waals surface area contributed by atoms with Gasteiger partial charge in [-0.05, 0) is 40.2 Å². The fraction of sp³-hybridized carbons (Fsp3) is 0. The monoisotopic (exact) mass is 331 g/mol. The SMILES string of the molecule is N#Cc1cc(F)ccc1-n1c(N)nc2cc(Br)cnc21. The van der Waals surface area contributed by atoms with E-state index in [-0.39, 0.29) is 11.5 Å². The van der Waals surface area contributed by atoms with E-state index in [1.807, 2.05) is 6.07 Å². The largest absolute Gasteiger partial charge is 0.369 e. The smallest absolute Gasteiger partial charge is 0.207 e. The highest BCUT2D eigenvalue weighted by Gasteiger charge is 2.15. The number of hydrogen-bond acceptors (Lipinski definition) is 4. The number of halogens is 2. The fourth-order valence-electron chi connectivity index (χ4n) is 1.99. The number of anilines is 1. The predicted molar refractivity (Wildman–Crippen MR) is 75.7 cm³/mol. The van der Waals surface area contributed by atoms with Crippen molar-refractivity contribution >= 4 is 33.0 Å². The minimum atomic E-state index is -0.482. The van der Waals surface area contributed by atoms with Crippen LogP contribution >= 0.6 is 15.9 Å². The Hall–Kier alpha value is -2.46. The van der Waals surface area contributed by atoms with Gasteiger partial charge >= 0.3 is 0 Å². The van der Waals surface area contributed by atoms with Crippen LogP contribution in [0.2, 0.25) is 0 Å². The lowest BCUT2D eigenvalue weighted by Gasteiger charge is -2.07. The molecule has 0 aliphatic rings. The van der Waals surface area contributed by atoms with Gasteiger partial charge in [-0.3, -0.25) is 4.57 Å². The van der Waals surface area contributed by atoms with E-state index in [0.29, 0.717) is 16.9 Å². The fourth-order valence-corrected chi connectivity index (χ4v) is 2.31. The van der Waals surface area contributed by atoms with Gasteiger partial charge < -0.3 is 5.73 Å². The van der Waals surface area contributed by atoms with Crippen molar-refractivity contribution in [3.05, 3.63) is 46.3 Å². The summed E-state index contributed by atoms with van der Waals surface area (Å²) in [6, 6.07) is 7.61. The number of benzene rings is 1. The van der Waals surface area contributed by atoms with Crippen LogP contribution < -0.4 is 5.73 Å². The molecule has 0 aliphatic heterocycles. The Bertz CT molecular complexity index is 865. The number of aromatic nitrogens is 3. The van der Waals surface area contributed by atoms with E-state index in [1.54, 1.807) is 12.3 Å². The maximum atomic E-state index is 13.2. The first-order valence-corrected chi connectivity index (χ1v) is 6.39. The maximum Gasteiger partial charge on any atom is 0.207 e. The predicted octanol–water partition coefficient (Wildman–Crippen LogP) is 2.78. The van der Waals surface area contributed by atoms with Crippen molar-refractivity contribution in [1.29, 1.82) is 5.26 Å². The van der Waals surface area contributed by atoms with Crippen LogP contribution in [0.25, 0.3) is 16.9 Å². The second-order valence-electron chi connectivity index (χ2n) is 4.07. The summed E-state index contributed by atoms with van der Waals surface area (Å²) in [6.07, 6.45) is 1.61. The molecular weight excluding hydrogens is 325 g/mol. The topological polar surface area (TPSA) is 80.5 Å². The third-order valence-electron chi connectivity index (χ3n) is 2.81. The molecule has 98 valence electrons. The van der Waals surface area contributed by atoms with Crippen molar-refractivity contribution in [1.82, 2.24) is 14.5 Å². The Labute approximate surface area is 121 Å². The second kappa shape index (κ2) is 4.58.